The van der Waals surface area contributed by atoms with Crippen LogP contribution in [0.3, 0.4) is 0 Å². The van der Waals surface area contributed by atoms with Gasteiger partial charge >= 0.3 is 5.69 Å². The number of aliphatic imine (C=N–C) groups is 1. The highest BCUT2D eigenvalue weighted by Gasteiger charge is 2.22. The third kappa shape index (κ3) is 5.32. The Morgan fingerprint density at radius 3 is 2.50 bits per heavy atom. The summed E-state index contributed by atoms with van der Waals surface area (Å²) in [6.07, 6.45) is 0. The van der Waals surface area contributed by atoms with Gasteiger partial charge in [0.2, 0.25) is 11.8 Å². The second-order valence-electron chi connectivity index (χ2n) is 6.62. The van der Waals surface area contributed by atoms with Crippen LogP contribution < -0.4 is 16.6 Å². The van der Waals surface area contributed by atoms with E-state index in [2.05, 4.69) is 26.2 Å². The van der Waals surface area contributed by atoms with Crippen molar-refractivity contribution in [3.05, 3.63) is 84.4 Å². The number of anilines is 1. The van der Waals surface area contributed by atoms with E-state index in [1.807, 2.05) is 6.07 Å². The number of nitrogens with zero attached hydrogens (tertiary/aromatic N) is 3. The molecule has 32 heavy (non-hydrogen) atoms. The van der Waals surface area contributed by atoms with E-state index < -0.39 is 17.1 Å². The Kier molecular flexibility index (Phi) is 7.60. The van der Waals surface area contributed by atoms with Gasteiger partial charge in [-0.1, -0.05) is 57.5 Å². The molecule has 0 aliphatic rings. The minimum Gasteiger partial charge on any atom is -0.494 e. The summed E-state index contributed by atoms with van der Waals surface area (Å²) in [5.41, 5.74) is -0.616. The molecule has 3 aromatic rings. The number of para-hydroxylation sites is 1. The lowest BCUT2D eigenvalue weighted by atomic mass is 10.3. The van der Waals surface area contributed by atoms with Crippen molar-refractivity contribution in [1.82, 2.24) is 9.13 Å². The van der Waals surface area contributed by atoms with Crippen LogP contribution in [0.1, 0.15) is 5.56 Å². The molecule has 0 unspecified atom stereocenters. The molecule has 0 radical (unpaired) electrons. The number of halogens is 2. The van der Waals surface area contributed by atoms with Gasteiger partial charge in [-0.05, 0) is 30.3 Å². The van der Waals surface area contributed by atoms with Crippen LogP contribution in [-0.2, 0) is 18.9 Å². The van der Waals surface area contributed by atoms with Crippen molar-refractivity contribution >= 4 is 61.6 Å². The number of carbonyl (C=O) groups excluding carboxylic acids is 1. The summed E-state index contributed by atoms with van der Waals surface area (Å²) >= 11 is 10.4. The summed E-state index contributed by atoms with van der Waals surface area (Å²) < 4.78 is 2.59. The number of aromatic nitrogens is 2. The number of hydrogen-bond acceptors (Lipinski definition) is 6. The van der Waals surface area contributed by atoms with Gasteiger partial charge in [0.1, 0.15) is 10.6 Å². The van der Waals surface area contributed by atoms with Crippen molar-refractivity contribution in [3.8, 4) is 5.88 Å². The van der Waals surface area contributed by atoms with Gasteiger partial charge < -0.3 is 10.4 Å². The van der Waals surface area contributed by atoms with E-state index in [1.165, 1.54) is 14.1 Å². The maximum Gasteiger partial charge on any atom is 0.333 e. The zero-order chi connectivity index (χ0) is 23.4. The predicted octanol–water partition coefficient (Wildman–Crippen LogP) is 3.66. The fourth-order valence-corrected chi connectivity index (χ4v) is 4.27. The second-order valence-corrected chi connectivity index (χ2v) is 8.90. The van der Waals surface area contributed by atoms with Crippen LogP contribution in [0.25, 0.3) is 0 Å². The maximum absolute atomic E-state index is 12.8. The molecule has 0 aliphatic heterocycles. The quantitative estimate of drug-likeness (QED) is 0.382. The highest BCUT2D eigenvalue weighted by atomic mass is 79.9. The number of nitrogens with one attached hydrogen (secondary N) is 1. The van der Waals surface area contributed by atoms with Gasteiger partial charge in [0.25, 0.3) is 5.56 Å². The number of benzene rings is 2. The number of rotatable bonds is 5. The molecule has 2 aromatic carbocycles. The summed E-state index contributed by atoms with van der Waals surface area (Å²) in [4.78, 5) is 41.9. The van der Waals surface area contributed by atoms with Crippen molar-refractivity contribution in [2.75, 3.05) is 11.1 Å². The smallest absolute Gasteiger partial charge is 0.333 e. The summed E-state index contributed by atoms with van der Waals surface area (Å²) in [5, 5.41) is 13.7. The van der Waals surface area contributed by atoms with Crippen LogP contribution in [0.5, 0.6) is 5.88 Å². The van der Waals surface area contributed by atoms with E-state index in [1.54, 1.807) is 42.5 Å². The Hall–Kier alpha value is -2.82. The van der Waals surface area contributed by atoms with Crippen LogP contribution >= 0.6 is 39.3 Å². The monoisotopic (exact) mass is 536 g/mol. The molecule has 1 heterocycles. The third-order valence-corrected chi connectivity index (χ3v) is 6.16. The van der Waals surface area contributed by atoms with E-state index in [9.17, 15) is 19.5 Å². The number of amides is 1. The Bertz CT molecular complexity index is 1320. The molecular formula is C21H18BrClN4O4S. The van der Waals surface area contributed by atoms with Crippen molar-refractivity contribution in [3.63, 3.8) is 0 Å². The first-order valence-electron chi connectivity index (χ1n) is 9.20. The first-order valence-corrected chi connectivity index (χ1v) is 11.4. The van der Waals surface area contributed by atoms with Gasteiger partial charge in [-0.25, -0.2) is 9.79 Å². The van der Waals surface area contributed by atoms with Crippen molar-refractivity contribution in [2.45, 2.75) is 0 Å². The van der Waals surface area contributed by atoms with Crippen LogP contribution in [-0.4, -0.2) is 30.9 Å². The average molecular weight is 538 g/mol. The highest BCUT2D eigenvalue weighted by molar-refractivity contribution is 9.10. The molecule has 8 nitrogen and oxygen atoms in total. The lowest BCUT2D eigenvalue weighted by Gasteiger charge is -2.13. The van der Waals surface area contributed by atoms with E-state index in [0.717, 1.165) is 25.4 Å². The zero-order valence-electron chi connectivity index (χ0n) is 17.0. The largest absolute Gasteiger partial charge is 0.494 e. The lowest BCUT2D eigenvalue weighted by molar-refractivity contribution is -0.113. The van der Waals surface area contributed by atoms with E-state index >= 15 is 0 Å². The third-order valence-electron chi connectivity index (χ3n) is 4.38. The van der Waals surface area contributed by atoms with Gasteiger partial charge in [0, 0.05) is 18.6 Å². The zero-order valence-corrected chi connectivity index (χ0v) is 20.2. The van der Waals surface area contributed by atoms with Crippen LogP contribution in [0.15, 0.2) is 67.6 Å². The summed E-state index contributed by atoms with van der Waals surface area (Å²) in [6, 6.07) is 13.8. The number of aromatic hydroxyl groups is 1. The molecule has 1 amide bonds. The Morgan fingerprint density at radius 1 is 1.16 bits per heavy atom. The molecule has 1 aromatic heterocycles. The van der Waals surface area contributed by atoms with Crippen LogP contribution in [0, 0.1) is 0 Å². The molecule has 0 saturated heterocycles. The van der Waals surface area contributed by atoms with Gasteiger partial charge in [0.15, 0.2) is 0 Å². The Morgan fingerprint density at radius 2 is 1.84 bits per heavy atom. The Balaban J connectivity index is 1.95. The van der Waals surface area contributed by atoms with Crippen molar-refractivity contribution in [1.29, 1.82) is 0 Å². The highest BCUT2D eigenvalue weighted by Crippen LogP contribution is 2.27. The van der Waals surface area contributed by atoms with Crippen LogP contribution in [0.4, 0.5) is 11.4 Å². The fraction of sp³-hybridized carbons (Fsp3) is 0.143. The number of carbonyl (C=O) groups is 1. The molecule has 0 atom stereocenters. The maximum atomic E-state index is 12.8. The normalized spacial score (nSPS) is 11.4. The summed E-state index contributed by atoms with van der Waals surface area (Å²) in [6.45, 7) is 0. The fourth-order valence-electron chi connectivity index (χ4n) is 2.71. The molecule has 11 heteroatoms. The summed E-state index contributed by atoms with van der Waals surface area (Å²) in [7, 11) is 2.65. The number of hydrogen-bond donors (Lipinski definition) is 2. The molecule has 2 N–H and O–H groups in total. The molecular weight excluding hydrogens is 520 g/mol. The topological polar surface area (TPSA) is 106 Å². The van der Waals surface area contributed by atoms with Crippen LogP contribution in [0.2, 0.25) is 5.02 Å². The van der Waals surface area contributed by atoms with E-state index in [0.29, 0.717) is 16.4 Å². The minimum absolute atomic E-state index is 0.0990. The molecule has 0 fully saturated rings. The van der Waals surface area contributed by atoms with E-state index in [-0.39, 0.29) is 22.3 Å². The first kappa shape index (κ1) is 23.8. The summed E-state index contributed by atoms with van der Waals surface area (Å²) in [5.74, 6) is -1.04. The standard InChI is InChI=1S/C21H18BrClN4O4S/c1-26-19(29)17(20(30)27(2)21(26)31)18(24-13-6-4-3-5-7-13)32-11-16(28)25-15-9-8-12(22)10-14(15)23/h3-10,29H,11H2,1-2H3,(H,25,28). The van der Waals surface area contributed by atoms with E-state index in [4.69, 9.17) is 11.6 Å². The first-order chi connectivity index (χ1) is 15.2. The molecule has 0 spiro atoms. The second kappa shape index (κ2) is 10.2. The molecule has 0 bridgehead atoms. The lowest BCUT2D eigenvalue weighted by Crippen LogP contribution is -2.39. The minimum atomic E-state index is -0.718. The van der Waals surface area contributed by atoms with Gasteiger partial charge in [-0.2, -0.15) is 0 Å². The number of thioether (sulfide) groups is 1. The van der Waals surface area contributed by atoms with Crippen molar-refractivity contribution < 1.29 is 9.90 Å². The molecule has 3 rings (SSSR count). The van der Waals surface area contributed by atoms with Gasteiger partial charge in [-0.3, -0.25) is 18.7 Å². The predicted molar refractivity (Wildman–Crippen MR) is 131 cm³/mol. The SMILES string of the molecule is Cn1c(O)c(C(=Nc2ccccc2)SCC(=O)Nc2ccc(Br)cc2Cl)c(=O)n(C)c1=O. The van der Waals surface area contributed by atoms with Gasteiger partial charge in [0.05, 0.1) is 22.2 Å². The van der Waals surface area contributed by atoms with Gasteiger partial charge in [-0.15, -0.1) is 0 Å². The molecule has 0 aliphatic carbocycles. The average Bonchev–Trinajstić information content (AvgIpc) is 2.77. The van der Waals surface area contributed by atoms with Crippen molar-refractivity contribution in [2.24, 2.45) is 19.1 Å². The molecule has 0 saturated carbocycles. The Labute approximate surface area is 200 Å². The molecule has 166 valence electrons.